The lowest BCUT2D eigenvalue weighted by Crippen LogP contribution is -2.41. The van der Waals surface area contributed by atoms with Gasteiger partial charge in [-0.25, -0.2) is 4.68 Å². The van der Waals surface area contributed by atoms with E-state index >= 15 is 0 Å². The van der Waals surface area contributed by atoms with E-state index in [-0.39, 0.29) is 11.6 Å². The number of tetrazole rings is 1. The summed E-state index contributed by atoms with van der Waals surface area (Å²) in [6.45, 7) is 6.02. The third kappa shape index (κ3) is 4.85. The molecule has 4 aromatic rings. The summed E-state index contributed by atoms with van der Waals surface area (Å²) >= 11 is 0. The molecule has 6 rings (SSSR count). The number of likely N-dealkylation sites (tertiary alicyclic amines) is 1. The molecule has 7 nitrogen and oxygen atoms in total. The molecule has 1 N–H and O–H groups in total. The molecule has 0 amide bonds. The molecule has 192 valence electrons. The second-order valence-corrected chi connectivity index (χ2v) is 11.1. The number of nitrogens with one attached hydrogen (secondary N) is 1. The summed E-state index contributed by atoms with van der Waals surface area (Å²) in [6, 6.07) is 17.2. The summed E-state index contributed by atoms with van der Waals surface area (Å²) in [4.78, 5) is 19.2. The van der Waals surface area contributed by atoms with Crippen LogP contribution in [0.15, 0.2) is 53.3 Å². The predicted molar refractivity (Wildman–Crippen MR) is 146 cm³/mol. The second-order valence-electron chi connectivity index (χ2n) is 11.1. The minimum atomic E-state index is -0.262. The van der Waals surface area contributed by atoms with Gasteiger partial charge in [-0.05, 0) is 104 Å². The first-order chi connectivity index (χ1) is 18.1. The lowest BCUT2D eigenvalue weighted by molar-refractivity contribution is 0.141. The fraction of sp³-hybridized carbons (Fsp3) is 0.467. The van der Waals surface area contributed by atoms with Gasteiger partial charge in [0.25, 0.3) is 5.56 Å². The van der Waals surface area contributed by atoms with Gasteiger partial charge in [-0.1, -0.05) is 49.2 Å². The number of hydrogen-bond acceptors (Lipinski definition) is 5. The molecule has 0 radical (unpaired) electrons. The topological polar surface area (TPSA) is 79.7 Å². The summed E-state index contributed by atoms with van der Waals surface area (Å²) in [5, 5.41) is 14.2. The van der Waals surface area contributed by atoms with Crippen LogP contribution >= 0.6 is 0 Å². The van der Waals surface area contributed by atoms with Crippen molar-refractivity contribution in [3.63, 3.8) is 0 Å². The Bertz CT molecular complexity index is 1430. The van der Waals surface area contributed by atoms with Gasteiger partial charge in [-0.3, -0.25) is 9.69 Å². The number of aromatic nitrogens is 5. The highest BCUT2D eigenvalue weighted by atomic mass is 16.1. The zero-order chi connectivity index (χ0) is 25.4. The van der Waals surface area contributed by atoms with Crippen molar-refractivity contribution in [1.82, 2.24) is 30.1 Å². The average molecular weight is 497 g/mol. The van der Waals surface area contributed by atoms with Gasteiger partial charge >= 0.3 is 0 Å². The molecular weight excluding hydrogens is 460 g/mol. The Hall–Kier alpha value is -3.32. The number of H-pyrrole nitrogens is 1. The molecule has 3 heterocycles. The number of rotatable bonds is 6. The number of hydrogen-bond donors (Lipinski definition) is 1. The summed E-state index contributed by atoms with van der Waals surface area (Å²) in [5.74, 6) is 1.45. The van der Waals surface area contributed by atoms with Gasteiger partial charge in [0.15, 0.2) is 5.82 Å². The van der Waals surface area contributed by atoms with E-state index < -0.39 is 0 Å². The zero-order valence-electron chi connectivity index (χ0n) is 21.9. The summed E-state index contributed by atoms with van der Waals surface area (Å²) < 4.78 is 2.03. The maximum atomic E-state index is 13.6. The highest BCUT2D eigenvalue weighted by Gasteiger charge is 2.35. The first-order valence-electron chi connectivity index (χ1n) is 13.8. The van der Waals surface area contributed by atoms with E-state index in [0.29, 0.717) is 12.0 Å². The van der Waals surface area contributed by atoms with Crippen molar-refractivity contribution >= 4 is 10.9 Å². The Labute approximate surface area is 217 Å². The number of aryl methyl sites for hydroxylation is 2. The largest absolute Gasteiger partial charge is 0.322 e. The van der Waals surface area contributed by atoms with Gasteiger partial charge in [0.2, 0.25) is 0 Å². The fourth-order valence-corrected chi connectivity index (χ4v) is 6.54. The van der Waals surface area contributed by atoms with E-state index in [9.17, 15) is 4.79 Å². The van der Waals surface area contributed by atoms with Crippen LogP contribution in [0.5, 0.6) is 0 Å². The van der Waals surface area contributed by atoms with Gasteiger partial charge < -0.3 is 4.98 Å². The average Bonchev–Trinajstić information content (AvgIpc) is 3.59. The fourth-order valence-electron chi connectivity index (χ4n) is 6.54. The van der Waals surface area contributed by atoms with Crippen molar-refractivity contribution in [3.8, 4) is 0 Å². The van der Waals surface area contributed by atoms with Crippen molar-refractivity contribution in [2.45, 2.75) is 70.9 Å². The maximum absolute atomic E-state index is 13.6. The molecule has 2 fully saturated rings. The molecule has 2 aliphatic rings. The SMILES string of the molecule is Cc1cc(C)c2cc([C@@H](c3nnnn3C3CCCC3)N3CCC(Cc4ccccc4)CC3)c(=O)[nH]c2c1. The van der Waals surface area contributed by atoms with Crippen LogP contribution in [0.2, 0.25) is 0 Å². The Balaban J connectivity index is 1.37. The minimum Gasteiger partial charge on any atom is -0.322 e. The first kappa shape index (κ1) is 24.0. The molecule has 37 heavy (non-hydrogen) atoms. The number of aromatic amines is 1. The second kappa shape index (κ2) is 10.2. The van der Waals surface area contributed by atoms with Crippen molar-refractivity contribution in [2.24, 2.45) is 5.92 Å². The van der Waals surface area contributed by atoms with E-state index in [4.69, 9.17) is 0 Å². The summed E-state index contributed by atoms with van der Waals surface area (Å²) in [7, 11) is 0. The van der Waals surface area contributed by atoms with Crippen molar-refractivity contribution < 1.29 is 0 Å². The molecule has 1 aliphatic carbocycles. The molecule has 1 saturated carbocycles. The van der Waals surface area contributed by atoms with Crippen LogP contribution in [0, 0.1) is 19.8 Å². The highest BCUT2D eigenvalue weighted by Crippen LogP contribution is 2.36. The summed E-state index contributed by atoms with van der Waals surface area (Å²) in [5.41, 5.74) is 5.31. The van der Waals surface area contributed by atoms with Gasteiger partial charge in [0.1, 0.15) is 6.04 Å². The number of fused-ring (bicyclic) bond motifs is 1. The van der Waals surface area contributed by atoms with Crippen LogP contribution in [0.1, 0.15) is 78.7 Å². The molecule has 7 heteroatoms. The number of benzene rings is 2. The quantitative estimate of drug-likeness (QED) is 0.392. The van der Waals surface area contributed by atoms with Crippen LogP contribution in [0.4, 0.5) is 0 Å². The third-order valence-corrected chi connectivity index (χ3v) is 8.45. The lowest BCUT2D eigenvalue weighted by atomic mass is 9.88. The van der Waals surface area contributed by atoms with Crippen LogP contribution in [-0.2, 0) is 6.42 Å². The number of piperidine rings is 1. The van der Waals surface area contributed by atoms with Gasteiger partial charge in [-0.15, -0.1) is 5.10 Å². The van der Waals surface area contributed by atoms with Crippen LogP contribution < -0.4 is 5.56 Å². The Morgan fingerprint density at radius 3 is 2.51 bits per heavy atom. The Morgan fingerprint density at radius 2 is 1.76 bits per heavy atom. The monoisotopic (exact) mass is 496 g/mol. The van der Waals surface area contributed by atoms with Crippen LogP contribution in [0.25, 0.3) is 10.9 Å². The van der Waals surface area contributed by atoms with E-state index in [2.05, 4.69) is 87.8 Å². The molecule has 0 spiro atoms. The number of nitrogens with zero attached hydrogens (tertiary/aromatic N) is 5. The zero-order valence-corrected chi connectivity index (χ0v) is 21.9. The third-order valence-electron chi connectivity index (χ3n) is 8.45. The molecular formula is C30H36N6O. The molecule has 1 aliphatic heterocycles. The van der Waals surface area contributed by atoms with Gasteiger partial charge in [0, 0.05) is 16.5 Å². The van der Waals surface area contributed by atoms with Gasteiger partial charge in [-0.2, -0.15) is 0 Å². The summed E-state index contributed by atoms with van der Waals surface area (Å²) in [6.07, 6.45) is 7.89. The Kier molecular flexibility index (Phi) is 6.63. The molecule has 1 saturated heterocycles. The van der Waals surface area contributed by atoms with E-state index in [1.165, 1.54) is 24.0 Å². The molecule has 0 unspecified atom stereocenters. The van der Waals surface area contributed by atoms with Crippen molar-refractivity contribution in [3.05, 3.63) is 87.0 Å². The molecule has 2 aromatic heterocycles. The maximum Gasteiger partial charge on any atom is 0.253 e. The molecule has 1 atom stereocenters. The normalized spacial score (nSPS) is 18.5. The van der Waals surface area contributed by atoms with E-state index in [1.54, 1.807) is 0 Å². The minimum absolute atomic E-state index is 0.0464. The first-order valence-corrected chi connectivity index (χ1v) is 13.8. The number of pyridine rings is 1. The standard InChI is InChI=1S/C30H36N6O/c1-20-16-21(2)25-19-26(30(37)31-27(25)17-20)28(29-32-33-34-36(29)24-10-6-7-11-24)35-14-12-23(13-15-35)18-22-8-4-3-5-9-22/h3-5,8-9,16-17,19,23-24,28H,6-7,10-15,18H2,1-2H3,(H,31,37)/t28-/m0/s1. The van der Waals surface area contributed by atoms with E-state index in [1.807, 2.05) is 4.68 Å². The highest BCUT2D eigenvalue weighted by molar-refractivity contribution is 5.83. The predicted octanol–water partition coefficient (Wildman–Crippen LogP) is 5.29. The smallest absolute Gasteiger partial charge is 0.253 e. The lowest BCUT2D eigenvalue weighted by Gasteiger charge is -2.37. The molecule has 0 bridgehead atoms. The van der Waals surface area contributed by atoms with Gasteiger partial charge in [0.05, 0.1) is 6.04 Å². The van der Waals surface area contributed by atoms with Crippen LogP contribution in [0.3, 0.4) is 0 Å². The Morgan fingerprint density at radius 1 is 1.00 bits per heavy atom. The molecule has 2 aromatic carbocycles. The van der Waals surface area contributed by atoms with Crippen molar-refractivity contribution in [2.75, 3.05) is 13.1 Å². The van der Waals surface area contributed by atoms with Crippen molar-refractivity contribution in [1.29, 1.82) is 0 Å². The van der Waals surface area contributed by atoms with E-state index in [0.717, 1.165) is 73.0 Å². The van der Waals surface area contributed by atoms with Crippen LogP contribution in [-0.4, -0.2) is 43.2 Å².